The van der Waals surface area contributed by atoms with Crippen molar-refractivity contribution in [3.8, 4) is 0 Å². The quantitative estimate of drug-likeness (QED) is 0.373. The summed E-state index contributed by atoms with van der Waals surface area (Å²) in [4.78, 5) is 2.70. The first kappa shape index (κ1) is 18.0. The molecule has 0 aromatic rings. The van der Waals surface area contributed by atoms with Crippen LogP contribution < -0.4 is 0 Å². The molecular formula is C19H39N. The van der Waals surface area contributed by atoms with E-state index in [1.54, 1.807) is 0 Å². The molecule has 0 aliphatic carbocycles. The molecule has 0 amide bonds. The minimum atomic E-state index is 1.02. The number of likely N-dealkylation sites (tertiary alicyclic amines) is 1. The van der Waals surface area contributed by atoms with Crippen LogP contribution in [0.3, 0.4) is 0 Å². The van der Waals surface area contributed by atoms with Gasteiger partial charge in [0.25, 0.3) is 0 Å². The maximum Gasteiger partial charge on any atom is -0.00161 e. The molecule has 1 saturated heterocycles. The summed E-state index contributed by atoms with van der Waals surface area (Å²) in [7, 11) is 0. The van der Waals surface area contributed by atoms with Gasteiger partial charge in [0.2, 0.25) is 0 Å². The van der Waals surface area contributed by atoms with Crippen LogP contribution in [0.2, 0.25) is 0 Å². The van der Waals surface area contributed by atoms with Gasteiger partial charge < -0.3 is 4.90 Å². The second-order valence-electron chi connectivity index (χ2n) is 6.90. The molecule has 0 saturated carbocycles. The summed E-state index contributed by atoms with van der Waals surface area (Å²) < 4.78 is 0. The predicted octanol–water partition coefficient (Wildman–Crippen LogP) is 6.03. The van der Waals surface area contributed by atoms with Gasteiger partial charge >= 0.3 is 0 Å². The highest BCUT2D eigenvalue weighted by Gasteiger charge is 2.14. The molecule has 0 N–H and O–H groups in total. The van der Waals surface area contributed by atoms with E-state index in [4.69, 9.17) is 0 Å². The molecule has 1 rings (SSSR count). The summed E-state index contributed by atoms with van der Waals surface area (Å²) in [6.45, 7) is 8.76. The van der Waals surface area contributed by atoms with Crippen LogP contribution in [0.5, 0.6) is 0 Å². The average Bonchev–Trinajstić information content (AvgIpc) is 2.97. The van der Waals surface area contributed by atoms with Crippen LogP contribution in [0, 0.1) is 5.92 Å². The molecule has 0 aromatic heterocycles. The average molecular weight is 282 g/mol. The number of hydrogen-bond acceptors (Lipinski definition) is 1. The van der Waals surface area contributed by atoms with Gasteiger partial charge in [0, 0.05) is 0 Å². The van der Waals surface area contributed by atoms with E-state index in [1.807, 2.05) is 0 Å². The van der Waals surface area contributed by atoms with E-state index >= 15 is 0 Å². The monoisotopic (exact) mass is 281 g/mol. The summed E-state index contributed by atoms with van der Waals surface area (Å²) in [6.07, 6.45) is 18.9. The Labute approximate surface area is 128 Å². The topological polar surface area (TPSA) is 3.24 Å². The first-order valence-electron chi connectivity index (χ1n) is 9.59. The lowest BCUT2D eigenvalue weighted by atomic mass is 9.91. The second-order valence-corrected chi connectivity index (χ2v) is 6.90. The van der Waals surface area contributed by atoms with Gasteiger partial charge in [-0.3, -0.25) is 0 Å². The molecule has 120 valence electrons. The van der Waals surface area contributed by atoms with Gasteiger partial charge in [0.1, 0.15) is 0 Å². The van der Waals surface area contributed by atoms with Crippen LogP contribution in [0.1, 0.15) is 97.3 Å². The molecule has 0 radical (unpaired) electrons. The molecule has 1 nitrogen and oxygen atoms in total. The van der Waals surface area contributed by atoms with Crippen LogP contribution in [0.4, 0.5) is 0 Å². The van der Waals surface area contributed by atoms with Crippen LogP contribution in [-0.2, 0) is 0 Å². The van der Waals surface area contributed by atoms with Crippen molar-refractivity contribution in [2.75, 3.05) is 19.6 Å². The smallest absolute Gasteiger partial charge is 0.00161 e. The number of unbranched alkanes of at least 4 members (excludes halogenated alkanes) is 6. The molecule has 0 unspecified atom stereocenters. The predicted molar refractivity (Wildman–Crippen MR) is 91.3 cm³/mol. The fourth-order valence-corrected chi connectivity index (χ4v) is 3.52. The third-order valence-corrected chi connectivity index (χ3v) is 4.98. The molecule has 1 aliphatic rings. The molecule has 0 bridgehead atoms. The zero-order valence-corrected chi connectivity index (χ0v) is 14.3. The molecule has 0 atom stereocenters. The Kier molecular flexibility index (Phi) is 11.4. The van der Waals surface area contributed by atoms with Crippen molar-refractivity contribution in [3.63, 3.8) is 0 Å². The Morgan fingerprint density at radius 3 is 1.75 bits per heavy atom. The number of rotatable bonds is 13. The van der Waals surface area contributed by atoms with Gasteiger partial charge in [-0.1, -0.05) is 78.1 Å². The van der Waals surface area contributed by atoms with Gasteiger partial charge in [-0.2, -0.15) is 0 Å². The first-order chi connectivity index (χ1) is 9.86. The summed E-state index contributed by atoms with van der Waals surface area (Å²) in [5.74, 6) is 1.02. The van der Waals surface area contributed by atoms with E-state index < -0.39 is 0 Å². The Bertz CT molecular complexity index is 184. The molecule has 1 heteroatoms. The lowest BCUT2D eigenvalue weighted by molar-refractivity contribution is 0.281. The molecule has 20 heavy (non-hydrogen) atoms. The van der Waals surface area contributed by atoms with Gasteiger partial charge in [0.05, 0.1) is 0 Å². The van der Waals surface area contributed by atoms with Crippen LogP contribution in [0.25, 0.3) is 0 Å². The van der Waals surface area contributed by atoms with E-state index in [1.165, 1.54) is 103 Å². The van der Waals surface area contributed by atoms with Crippen LogP contribution in [0.15, 0.2) is 0 Å². The second kappa shape index (κ2) is 12.7. The van der Waals surface area contributed by atoms with Gasteiger partial charge in [-0.05, 0) is 44.8 Å². The summed E-state index contributed by atoms with van der Waals surface area (Å²) in [5.41, 5.74) is 0. The highest BCUT2D eigenvalue weighted by molar-refractivity contribution is 4.69. The van der Waals surface area contributed by atoms with Crippen molar-refractivity contribution in [1.82, 2.24) is 4.90 Å². The molecular weight excluding hydrogens is 242 g/mol. The van der Waals surface area contributed by atoms with Crippen molar-refractivity contribution < 1.29 is 0 Å². The summed E-state index contributed by atoms with van der Waals surface area (Å²) in [5, 5.41) is 0. The molecule has 0 spiro atoms. The minimum Gasteiger partial charge on any atom is -0.303 e. The van der Waals surface area contributed by atoms with Crippen molar-refractivity contribution in [1.29, 1.82) is 0 Å². The van der Waals surface area contributed by atoms with Crippen molar-refractivity contribution >= 4 is 0 Å². The highest BCUT2D eigenvalue weighted by atomic mass is 15.1. The normalized spacial score (nSPS) is 16.4. The van der Waals surface area contributed by atoms with E-state index in [-0.39, 0.29) is 0 Å². The Morgan fingerprint density at radius 2 is 1.25 bits per heavy atom. The lowest BCUT2D eigenvalue weighted by Crippen LogP contribution is -2.22. The van der Waals surface area contributed by atoms with E-state index in [2.05, 4.69) is 18.7 Å². The Hall–Kier alpha value is -0.0400. The SMILES string of the molecule is CCCCCCC(CCCCCC)CCN1CCCC1. The zero-order chi connectivity index (χ0) is 14.5. The maximum absolute atomic E-state index is 2.70. The first-order valence-corrected chi connectivity index (χ1v) is 9.59. The summed E-state index contributed by atoms with van der Waals surface area (Å²) in [6, 6.07) is 0. The van der Waals surface area contributed by atoms with E-state index in [0.717, 1.165) is 5.92 Å². The third kappa shape index (κ3) is 9.00. The van der Waals surface area contributed by atoms with Gasteiger partial charge in [0.15, 0.2) is 0 Å². The third-order valence-electron chi connectivity index (χ3n) is 4.98. The molecule has 1 heterocycles. The van der Waals surface area contributed by atoms with Crippen molar-refractivity contribution in [3.05, 3.63) is 0 Å². The molecule has 0 aromatic carbocycles. The minimum absolute atomic E-state index is 1.02. The Balaban J connectivity index is 2.14. The number of hydrogen-bond donors (Lipinski definition) is 0. The lowest BCUT2D eigenvalue weighted by Gasteiger charge is -2.21. The van der Waals surface area contributed by atoms with E-state index in [9.17, 15) is 0 Å². The summed E-state index contributed by atoms with van der Waals surface area (Å²) >= 11 is 0. The molecule has 1 aliphatic heterocycles. The zero-order valence-electron chi connectivity index (χ0n) is 14.3. The van der Waals surface area contributed by atoms with E-state index in [0.29, 0.717) is 0 Å². The number of nitrogens with zero attached hydrogens (tertiary/aromatic N) is 1. The van der Waals surface area contributed by atoms with Crippen LogP contribution in [-0.4, -0.2) is 24.5 Å². The largest absolute Gasteiger partial charge is 0.303 e. The van der Waals surface area contributed by atoms with Crippen LogP contribution >= 0.6 is 0 Å². The van der Waals surface area contributed by atoms with Crippen molar-refractivity contribution in [2.45, 2.75) is 97.3 Å². The standard InChI is InChI=1S/C19H39N/c1-3-5-7-9-13-19(14-10-8-6-4-2)15-18-20-16-11-12-17-20/h19H,3-18H2,1-2H3. The maximum atomic E-state index is 2.70. The van der Waals surface area contributed by atoms with Gasteiger partial charge in [-0.25, -0.2) is 0 Å². The van der Waals surface area contributed by atoms with Crippen molar-refractivity contribution in [2.24, 2.45) is 5.92 Å². The fraction of sp³-hybridized carbons (Fsp3) is 1.00. The molecule has 1 fully saturated rings. The van der Waals surface area contributed by atoms with Gasteiger partial charge in [-0.15, -0.1) is 0 Å². The Morgan fingerprint density at radius 1 is 0.700 bits per heavy atom. The highest BCUT2D eigenvalue weighted by Crippen LogP contribution is 2.22. The fourth-order valence-electron chi connectivity index (χ4n) is 3.52.